The first kappa shape index (κ1) is 16.9. The standard InChI is InChI=1S/C23H16O2.In/c24-22(20-11-9-16-5-1-3-7-18(16)13-20)15-23(25)21-12-10-17-6-2-4-8-19(17)14-21;/h1-15,24H;/q;+1/p-1. The van der Waals surface area contributed by atoms with Crippen LogP contribution in [0.1, 0.15) is 15.9 Å². The fourth-order valence-electron chi connectivity index (χ4n) is 3.07. The van der Waals surface area contributed by atoms with E-state index in [0.717, 1.165) is 21.7 Å². The minimum absolute atomic E-state index is 0.0479. The SMILES string of the molecule is O=C(C=C([O][In])c1ccc2ccccc2c1)c1ccc2ccccc2c1. The summed E-state index contributed by atoms with van der Waals surface area (Å²) in [6, 6.07) is 28.1. The number of ketones is 1. The van der Waals surface area contributed by atoms with Crippen LogP contribution in [0.2, 0.25) is 0 Å². The summed E-state index contributed by atoms with van der Waals surface area (Å²) in [5.74, 6) is 0.574. The molecule has 0 amide bonds. The first-order valence-corrected chi connectivity index (χ1v) is 9.70. The summed E-state index contributed by atoms with van der Waals surface area (Å²) in [5, 5.41) is 4.49. The van der Waals surface area contributed by atoms with E-state index in [1.165, 1.54) is 5.39 Å². The molecule has 0 fully saturated rings. The van der Waals surface area contributed by atoms with Crippen molar-refractivity contribution < 1.29 is 7.65 Å². The van der Waals surface area contributed by atoms with Crippen molar-refractivity contribution in [2.24, 2.45) is 0 Å². The molecule has 0 heterocycles. The van der Waals surface area contributed by atoms with E-state index >= 15 is 0 Å². The Morgan fingerprint density at radius 1 is 0.692 bits per heavy atom. The van der Waals surface area contributed by atoms with Gasteiger partial charge in [0.15, 0.2) is 0 Å². The fraction of sp³-hybridized carbons (Fsp3) is 0. The Hall–Kier alpha value is -2.52. The van der Waals surface area contributed by atoms with Crippen molar-refractivity contribution in [3.63, 3.8) is 0 Å². The second kappa shape index (κ2) is 7.38. The van der Waals surface area contributed by atoms with Gasteiger partial charge in [0.05, 0.1) is 0 Å². The van der Waals surface area contributed by atoms with E-state index in [0.29, 0.717) is 36.1 Å². The molecular formula is C23H15InO2. The molecule has 2 radical (unpaired) electrons. The number of carbonyl (C=O) groups is 1. The summed E-state index contributed by atoms with van der Waals surface area (Å²) < 4.78 is 5.64. The van der Waals surface area contributed by atoms with Gasteiger partial charge in [-0.3, -0.25) is 0 Å². The van der Waals surface area contributed by atoms with E-state index < -0.39 is 0 Å². The molecule has 0 atom stereocenters. The number of fused-ring (bicyclic) bond motifs is 2. The van der Waals surface area contributed by atoms with Crippen LogP contribution in [-0.4, -0.2) is 30.6 Å². The van der Waals surface area contributed by atoms with Crippen molar-refractivity contribution in [3.05, 3.63) is 102 Å². The molecule has 2 nitrogen and oxygen atoms in total. The molecule has 0 spiro atoms. The molecule has 0 saturated carbocycles. The molecule has 4 aromatic carbocycles. The number of hydrogen-bond donors (Lipinski definition) is 0. The van der Waals surface area contributed by atoms with Gasteiger partial charge in [-0.25, -0.2) is 0 Å². The molecular weight excluding hydrogens is 423 g/mol. The number of hydrogen-bond acceptors (Lipinski definition) is 2. The number of carbonyl (C=O) groups excluding carboxylic acids is 1. The Balaban J connectivity index is 1.71. The van der Waals surface area contributed by atoms with Crippen LogP contribution in [0.15, 0.2) is 91.0 Å². The maximum absolute atomic E-state index is 12.8. The average molecular weight is 438 g/mol. The number of rotatable bonds is 4. The normalized spacial score (nSPS) is 11.6. The van der Waals surface area contributed by atoms with Crippen molar-refractivity contribution in [1.82, 2.24) is 0 Å². The first-order chi connectivity index (χ1) is 12.7. The molecule has 26 heavy (non-hydrogen) atoms. The second-order valence-corrected chi connectivity index (χ2v) is 6.79. The van der Waals surface area contributed by atoms with E-state index in [1.54, 1.807) is 6.08 Å². The zero-order valence-corrected chi connectivity index (χ0v) is 17.3. The summed E-state index contributed by atoms with van der Waals surface area (Å²) in [4.78, 5) is 12.8. The van der Waals surface area contributed by atoms with Crippen LogP contribution in [0.25, 0.3) is 27.3 Å². The summed E-state index contributed by atoms with van der Waals surface area (Å²) >= 11 is 0.590. The van der Waals surface area contributed by atoms with Gasteiger partial charge in [0, 0.05) is 0 Å². The molecule has 0 saturated heterocycles. The molecule has 3 heteroatoms. The van der Waals surface area contributed by atoms with E-state index in [-0.39, 0.29) is 5.78 Å². The third-order valence-corrected chi connectivity index (χ3v) is 5.18. The molecule has 0 aliphatic heterocycles. The first-order valence-electron chi connectivity index (χ1n) is 8.35. The molecule has 4 rings (SSSR count). The van der Waals surface area contributed by atoms with Crippen molar-refractivity contribution in [2.45, 2.75) is 0 Å². The molecule has 0 aliphatic carbocycles. The summed E-state index contributed by atoms with van der Waals surface area (Å²) in [6.07, 6.45) is 1.60. The zero-order valence-electron chi connectivity index (χ0n) is 14.1. The Morgan fingerprint density at radius 2 is 1.19 bits per heavy atom. The Morgan fingerprint density at radius 3 is 1.77 bits per heavy atom. The van der Waals surface area contributed by atoms with Gasteiger partial charge in [-0.2, -0.15) is 0 Å². The Labute approximate surface area is 167 Å². The van der Waals surface area contributed by atoms with Gasteiger partial charge in [0.25, 0.3) is 0 Å². The van der Waals surface area contributed by atoms with Crippen LogP contribution in [0, 0.1) is 0 Å². The topological polar surface area (TPSA) is 26.3 Å². The van der Waals surface area contributed by atoms with Gasteiger partial charge < -0.3 is 0 Å². The molecule has 0 N–H and O–H groups in total. The Kier molecular flexibility index (Phi) is 4.81. The second-order valence-electron chi connectivity index (χ2n) is 6.11. The van der Waals surface area contributed by atoms with Gasteiger partial charge in [0.1, 0.15) is 0 Å². The van der Waals surface area contributed by atoms with Crippen LogP contribution in [0.4, 0.5) is 0 Å². The third-order valence-electron chi connectivity index (χ3n) is 4.46. The molecule has 0 bridgehead atoms. The van der Waals surface area contributed by atoms with Crippen LogP contribution < -0.4 is 0 Å². The van der Waals surface area contributed by atoms with Crippen LogP contribution in [0.5, 0.6) is 0 Å². The quantitative estimate of drug-likeness (QED) is 0.245. The summed E-state index contributed by atoms with van der Waals surface area (Å²) in [6.45, 7) is 0. The minimum atomic E-state index is -0.0479. The predicted molar refractivity (Wildman–Crippen MR) is 107 cm³/mol. The molecule has 0 unspecified atom stereocenters. The van der Waals surface area contributed by atoms with Crippen molar-refractivity contribution in [1.29, 1.82) is 0 Å². The summed E-state index contributed by atoms with van der Waals surface area (Å²) in [7, 11) is 0. The molecule has 4 aromatic rings. The summed E-state index contributed by atoms with van der Waals surface area (Å²) in [5.41, 5.74) is 1.59. The van der Waals surface area contributed by atoms with E-state index in [9.17, 15) is 4.79 Å². The molecule has 0 aromatic heterocycles. The van der Waals surface area contributed by atoms with E-state index in [1.807, 2.05) is 60.7 Å². The van der Waals surface area contributed by atoms with E-state index in [2.05, 4.69) is 24.3 Å². The van der Waals surface area contributed by atoms with Gasteiger partial charge in [-0.05, 0) is 0 Å². The van der Waals surface area contributed by atoms with Gasteiger partial charge in [-0.1, -0.05) is 0 Å². The predicted octanol–water partition coefficient (Wildman–Crippen LogP) is 5.32. The molecule has 122 valence electrons. The third kappa shape index (κ3) is 3.40. The van der Waals surface area contributed by atoms with Crippen molar-refractivity contribution >= 4 is 57.9 Å². The number of benzene rings is 4. The maximum atomic E-state index is 12.8. The van der Waals surface area contributed by atoms with Gasteiger partial charge in [-0.15, -0.1) is 0 Å². The van der Waals surface area contributed by atoms with Crippen LogP contribution in [0.3, 0.4) is 0 Å². The van der Waals surface area contributed by atoms with Gasteiger partial charge in [0.2, 0.25) is 0 Å². The zero-order chi connectivity index (χ0) is 17.9. The van der Waals surface area contributed by atoms with Crippen LogP contribution >= 0.6 is 0 Å². The van der Waals surface area contributed by atoms with Crippen molar-refractivity contribution in [3.8, 4) is 0 Å². The molecule has 0 aliphatic rings. The van der Waals surface area contributed by atoms with Crippen LogP contribution in [-0.2, 0) is 2.85 Å². The van der Waals surface area contributed by atoms with E-state index in [4.69, 9.17) is 2.85 Å². The van der Waals surface area contributed by atoms with Crippen molar-refractivity contribution in [2.75, 3.05) is 0 Å². The van der Waals surface area contributed by atoms with Gasteiger partial charge >= 0.3 is 168 Å². The fourth-order valence-corrected chi connectivity index (χ4v) is 3.66. The average Bonchev–Trinajstić information content (AvgIpc) is 2.71. The number of allylic oxidation sites excluding steroid dienone is 1. The monoisotopic (exact) mass is 438 g/mol. The Bertz CT molecular complexity index is 1140.